The van der Waals surface area contributed by atoms with Crippen LogP contribution in [0.2, 0.25) is 0 Å². The van der Waals surface area contributed by atoms with Gasteiger partial charge >= 0.3 is 0 Å². The molecule has 18 heavy (non-hydrogen) atoms. The van der Waals surface area contributed by atoms with Crippen molar-refractivity contribution in [3.63, 3.8) is 0 Å². The van der Waals surface area contributed by atoms with Crippen LogP contribution in [0.3, 0.4) is 0 Å². The Hall–Kier alpha value is -0.740. The van der Waals surface area contributed by atoms with Crippen molar-refractivity contribution in [2.75, 3.05) is 7.11 Å². The number of ether oxygens (including phenoxy) is 1. The van der Waals surface area contributed by atoms with Crippen molar-refractivity contribution in [2.24, 2.45) is 0 Å². The van der Waals surface area contributed by atoms with Gasteiger partial charge < -0.3 is 9.15 Å². The standard InChI is InChI=1S/C14H14Br2O2/c1-8-4-13(17-3)11(6-12(8)15)14(16)10-5-9(2)18-7-10/h4-7,14H,1-3H3. The predicted octanol–water partition coefficient (Wildman–Crippen LogP) is 5.15. The van der Waals surface area contributed by atoms with E-state index >= 15 is 0 Å². The van der Waals surface area contributed by atoms with Crippen molar-refractivity contribution >= 4 is 31.9 Å². The minimum absolute atomic E-state index is 0.0572. The number of halogens is 2. The third-order valence-electron chi connectivity index (χ3n) is 2.83. The lowest BCUT2D eigenvalue weighted by molar-refractivity contribution is 0.410. The second-order valence-corrected chi connectivity index (χ2v) is 5.97. The van der Waals surface area contributed by atoms with Gasteiger partial charge in [0.25, 0.3) is 0 Å². The number of alkyl halides is 1. The lowest BCUT2D eigenvalue weighted by atomic mass is 10.0. The van der Waals surface area contributed by atoms with Crippen molar-refractivity contribution in [3.8, 4) is 5.75 Å². The van der Waals surface area contributed by atoms with Crippen molar-refractivity contribution in [1.82, 2.24) is 0 Å². The van der Waals surface area contributed by atoms with E-state index in [1.54, 1.807) is 13.4 Å². The van der Waals surface area contributed by atoms with Gasteiger partial charge in [-0.25, -0.2) is 0 Å². The highest BCUT2D eigenvalue weighted by Gasteiger charge is 2.18. The van der Waals surface area contributed by atoms with Crippen molar-refractivity contribution in [2.45, 2.75) is 18.7 Å². The lowest BCUT2D eigenvalue weighted by Gasteiger charge is -2.15. The first kappa shape index (κ1) is 13.7. The number of furan rings is 1. The summed E-state index contributed by atoms with van der Waals surface area (Å²) < 4.78 is 11.9. The molecule has 0 N–H and O–H groups in total. The summed E-state index contributed by atoms with van der Waals surface area (Å²) in [5.74, 6) is 1.77. The van der Waals surface area contributed by atoms with Crippen LogP contribution in [0, 0.1) is 13.8 Å². The zero-order valence-corrected chi connectivity index (χ0v) is 13.6. The molecule has 0 spiro atoms. The average molecular weight is 374 g/mol. The Morgan fingerprint density at radius 3 is 2.50 bits per heavy atom. The van der Waals surface area contributed by atoms with Crippen LogP contribution in [0.5, 0.6) is 5.75 Å². The summed E-state index contributed by atoms with van der Waals surface area (Å²) in [5.41, 5.74) is 3.32. The summed E-state index contributed by atoms with van der Waals surface area (Å²) in [5, 5.41) is 0. The Morgan fingerprint density at radius 1 is 1.22 bits per heavy atom. The van der Waals surface area contributed by atoms with Crippen molar-refractivity contribution in [3.05, 3.63) is 51.4 Å². The second-order valence-electron chi connectivity index (χ2n) is 4.20. The first-order valence-corrected chi connectivity index (χ1v) is 7.27. The Balaban J connectivity index is 2.46. The highest BCUT2D eigenvalue weighted by atomic mass is 79.9. The quantitative estimate of drug-likeness (QED) is 0.694. The van der Waals surface area contributed by atoms with E-state index in [1.165, 1.54) is 0 Å². The van der Waals surface area contributed by atoms with E-state index in [1.807, 2.05) is 26.0 Å². The van der Waals surface area contributed by atoms with Gasteiger partial charge in [-0.2, -0.15) is 0 Å². The smallest absolute Gasteiger partial charge is 0.123 e. The summed E-state index contributed by atoms with van der Waals surface area (Å²) in [7, 11) is 1.69. The molecule has 0 bridgehead atoms. The molecule has 0 fully saturated rings. The molecule has 1 aromatic carbocycles. The van der Waals surface area contributed by atoms with Crippen LogP contribution in [0.15, 0.2) is 33.4 Å². The van der Waals surface area contributed by atoms with Crippen LogP contribution in [0.1, 0.15) is 27.3 Å². The zero-order chi connectivity index (χ0) is 13.3. The maximum Gasteiger partial charge on any atom is 0.123 e. The van der Waals surface area contributed by atoms with Gasteiger partial charge in [0.05, 0.1) is 18.2 Å². The van der Waals surface area contributed by atoms with Gasteiger partial charge in [-0.05, 0) is 37.6 Å². The van der Waals surface area contributed by atoms with Crippen LogP contribution in [0.4, 0.5) is 0 Å². The van der Waals surface area contributed by atoms with Gasteiger partial charge in [-0.3, -0.25) is 0 Å². The lowest BCUT2D eigenvalue weighted by Crippen LogP contribution is -1.97. The SMILES string of the molecule is COc1cc(C)c(Br)cc1C(Br)c1coc(C)c1. The summed E-state index contributed by atoms with van der Waals surface area (Å²) in [6.45, 7) is 3.98. The second kappa shape index (κ2) is 5.49. The largest absolute Gasteiger partial charge is 0.496 e. The number of benzene rings is 1. The molecule has 2 nitrogen and oxygen atoms in total. The zero-order valence-electron chi connectivity index (χ0n) is 10.5. The van der Waals surface area contributed by atoms with E-state index in [0.29, 0.717) is 0 Å². The molecule has 2 aromatic rings. The molecule has 1 heterocycles. The fourth-order valence-electron chi connectivity index (χ4n) is 1.82. The number of hydrogen-bond donors (Lipinski definition) is 0. The van der Waals surface area contributed by atoms with E-state index < -0.39 is 0 Å². The third-order valence-corrected chi connectivity index (χ3v) is 4.70. The van der Waals surface area contributed by atoms with Gasteiger partial charge in [0.15, 0.2) is 0 Å². The molecule has 0 aliphatic carbocycles. The molecule has 1 unspecified atom stereocenters. The molecule has 1 atom stereocenters. The molecular formula is C14H14Br2O2. The third kappa shape index (κ3) is 2.64. The first-order chi connectivity index (χ1) is 8.52. The monoisotopic (exact) mass is 372 g/mol. The van der Waals surface area contributed by atoms with Gasteiger partial charge in [0.2, 0.25) is 0 Å². The summed E-state index contributed by atoms with van der Waals surface area (Å²) in [6.07, 6.45) is 1.77. The highest BCUT2D eigenvalue weighted by molar-refractivity contribution is 9.10. The van der Waals surface area contributed by atoms with E-state index in [4.69, 9.17) is 9.15 Å². The number of rotatable bonds is 3. The highest BCUT2D eigenvalue weighted by Crippen LogP contribution is 2.39. The van der Waals surface area contributed by atoms with Gasteiger partial charge in [0.1, 0.15) is 11.5 Å². The van der Waals surface area contributed by atoms with Crippen LogP contribution in [0.25, 0.3) is 0 Å². The topological polar surface area (TPSA) is 22.4 Å². The molecule has 0 aliphatic rings. The van der Waals surface area contributed by atoms with Crippen molar-refractivity contribution < 1.29 is 9.15 Å². The molecule has 2 rings (SSSR count). The molecule has 96 valence electrons. The fourth-order valence-corrected chi connectivity index (χ4v) is 2.78. The van der Waals surface area contributed by atoms with E-state index in [2.05, 4.69) is 37.9 Å². The summed E-state index contributed by atoms with van der Waals surface area (Å²) in [4.78, 5) is 0.0572. The molecule has 0 radical (unpaired) electrons. The van der Waals surface area contributed by atoms with Crippen LogP contribution in [-0.2, 0) is 0 Å². The summed E-state index contributed by atoms with van der Waals surface area (Å²) in [6, 6.07) is 6.13. The molecule has 0 amide bonds. The molecule has 1 aromatic heterocycles. The molecular weight excluding hydrogens is 360 g/mol. The molecule has 0 aliphatic heterocycles. The van der Waals surface area contributed by atoms with E-state index in [-0.39, 0.29) is 4.83 Å². The number of aryl methyl sites for hydroxylation is 2. The molecule has 0 saturated carbocycles. The van der Waals surface area contributed by atoms with Crippen molar-refractivity contribution in [1.29, 1.82) is 0 Å². The normalized spacial score (nSPS) is 12.5. The van der Waals surface area contributed by atoms with E-state index in [9.17, 15) is 0 Å². The van der Waals surface area contributed by atoms with Gasteiger partial charge in [-0.1, -0.05) is 31.9 Å². The maximum absolute atomic E-state index is 5.45. The Kier molecular flexibility index (Phi) is 4.17. The first-order valence-electron chi connectivity index (χ1n) is 5.56. The minimum Gasteiger partial charge on any atom is -0.496 e. The van der Waals surface area contributed by atoms with Crippen LogP contribution in [-0.4, -0.2) is 7.11 Å². The molecule has 4 heteroatoms. The maximum atomic E-state index is 5.45. The number of hydrogen-bond acceptors (Lipinski definition) is 2. The Bertz CT molecular complexity index is 561. The molecule has 0 saturated heterocycles. The Labute approximate surface area is 124 Å². The minimum atomic E-state index is 0.0572. The fraction of sp³-hybridized carbons (Fsp3) is 0.286. The van der Waals surface area contributed by atoms with Crippen LogP contribution >= 0.6 is 31.9 Å². The predicted molar refractivity (Wildman–Crippen MR) is 79.6 cm³/mol. The van der Waals surface area contributed by atoms with Gasteiger partial charge in [0, 0.05) is 15.6 Å². The number of methoxy groups -OCH3 is 1. The Morgan fingerprint density at radius 2 is 1.94 bits per heavy atom. The van der Waals surface area contributed by atoms with Crippen LogP contribution < -0.4 is 4.74 Å². The average Bonchev–Trinajstić information content (AvgIpc) is 2.78. The summed E-state index contributed by atoms with van der Waals surface area (Å²) >= 11 is 7.25. The van der Waals surface area contributed by atoms with E-state index in [0.717, 1.165) is 32.7 Å². The van der Waals surface area contributed by atoms with Gasteiger partial charge in [-0.15, -0.1) is 0 Å².